The summed E-state index contributed by atoms with van der Waals surface area (Å²) >= 11 is 5.97. The third kappa shape index (κ3) is 3.58. The van der Waals surface area contributed by atoms with Gasteiger partial charge in [0, 0.05) is 16.8 Å². The molecule has 1 heterocycles. The molecule has 2 amide bonds. The van der Waals surface area contributed by atoms with Crippen molar-refractivity contribution in [2.45, 2.75) is 6.92 Å². The highest BCUT2D eigenvalue weighted by molar-refractivity contribution is 6.53. The number of anilines is 2. The van der Waals surface area contributed by atoms with E-state index in [4.69, 9.17) is 25.8 Å². The summed E-state index contributed by atoms with van der Waals surface area (Å²) in [6.07, 6.45) is 0. The Morgan fingerprint density at radius 1 is 1.07 bits per heavy atom. The van der Waals surface area contributed by atoms with E-state index >= 15 is 0 Å². The number of Topliss-reactive ketones (excluding diaryl/α,β-unsaturated/α-hetero) is 1. The summed E-state index contributed by atoms with van der Waals surface area (Å²) < 4.78 is 15.8. The molecule has 0 saturated carbocycles. The summed E-state index contributed by atoms with van der Waals surface area (Å²) in [6, 6.07) is 6.55. The molecule has 29 heavy (non-hydrogen) atoms. The van der Waals surface area contributed by atoms with Crippen molar-refractivity contribution in [2.24, 2.45) is 0 Å². The van der Waals surface area contributed by atoms with Gasteiger partial charge in [-0.1, -0.05) is 17.7 Å². The van der Waals surface area contributed by atoms with Crippen molar-refractivity contribution >= 4 is 40.6 Å². The summed E-state index contributed by atoms with van der Waals surface area (Å²) in [5.74, 6) is -1.58. The molecular formula is C20H19ClN2O6. The van der Waals surface area contributed by atoms with Crippen LogP contribution in [-0.2, 0) is 9.59 Å². The zero-order valence-corrected chi connectivity index (χ0v) is 17.0. The molecule has 0 aromatic heterocycles. The van der Waals surface area contributed by atoms with Gasteiger partial charge in [0.2, 0.25) is 11.7 Å². The number of methoxy groups -OCH3 is 3. The molecule has 2 aromatic rings. The molecule has 1 aliphatic heterocycles. The summed E-state index contributed by atoms with van der Waals surface area (Å²) in [4.78, 5) is 38.8. The number of hydrogen-bond acceptors (Lipinski definition) is 6. The van der Waals surface area contributed by atoms with Crippen LogP contribution in [0.25, 0.3) is 0 Å². The lowest BCUT2D eigenvalue weighted by Gasteiger charge is -2.19. The number of nitrogens with one attached hydrogen (secondary N) is 1. The monoisotopic (exact) mass is 418 g/mol. The van der Waals surface area contributed by atoms with Crippen LogP contribution in [0.5, 0.6) is 17.2 Å². The third-order valence-corrected chi connectivity index (χ3v) is 4.78. The largest absolute Gasteiger partial charge is 0.493 e. The Kier molecular flexibility index (Phi) is 5.65. The molecule has 2 aromatic carbocycles. The van der Waals surface area contributed by atoms with E-state index in [0.29, 0.717) is 10.7 Å². The number of amides is 2. The first-order valence-electron chi connectivity index (χ1n) is 8.57. The first kappa shape index (κ1) is 20.5. The van der Waals surface area contributed by atoms with Crippen LogP contribution in [0.3, 0.4) is 0 Å². The number of ketones is 1. The van der Waals surface area contributed by atoms with Gasteiger partial charge in [0.05, 0.1) is 32.6 Å². The Labute approximate surface area is 172 Å². The minimum atomic E-state index is -0.841. The van der Waals surface area contributed by atoms with Crippen molar-refractivity contribution in [2.75, 3.05) is 38.1 Å². The molecule has 0 saturated heterocycles. The van der Waals surface area contributed by atoms with E-state index in [2.05, 4.69) is 5.32 Å². The van der Waals surface area contributed by atoms with E-state index in [9.17, 15) is 14.4 Å². The van der Waals surface area contributed by atoms with E-state index in [0.717, 1.165) is 10.5 Å². The quantitative estimate of drug-likeness (QED) is 0.725. The van der Waals surface area contributed by atoms with Gasteiger partial charge in [-0.2, -0.15) is 0 Å². The molecule has 0 fully saturated rings. The third-order valence-electron chi connectivity index (χ3n) is 4.54. The fourth-order valence-corrected chi connectivity index (χ4v) is 3.31. The Morgan fingerprint density at radius 3 is 2.38 bits per heavy atom. The van der Waals surface area contributed by atoms with Crippen molar-refractivity contribution in [1.82, 2.24) is 0 Å². The minimum absolute atomic E-state index is 0.0295. The lowest BCUT2D eigenvalue weighted by Crippen LogP contribution is -2.37. The van der Waals surface area contributed by atoms with Gasteiger partial charge >= 0.3 is 0 Å². The van der Waals surface area contributed by atoms with Gasteiger partial charge in [-0.05, 0) is 24.6 Å². The number of carbonyl (C=O) groups excluding carboxylic acids is 3. The molecule has 0 unspecified atom stereocenters. The van der Waals surface area contributed by atoms with Gasteiger partial charge < -0.3 is 19.5 Å². The number of fused-ring (bicyclic) bond motifs is 1. The standard InChI is InChI=1S/C20H19ClN2O6/c1-10-5-6-11(21)7-12(10)22-15(24)9-23-13-8-14(27-2)18(28-3)19(29-4)16(13)17(25)20(23)26/h5-8H,9H2,1-4H3,(H,22,24). The average Bonchev–Trinajstić information content (AvgIpc) is 2.93. The molecule has 0 aliphatic carbocycles. The predicted molar refractivity (Wildman–Crippen MR) is 108 cm³/mol. The van der Waals surface area contributed by atoms with Crippen LogP contribution in [0.2, 0.25) is 5.02 Å². The molecule has 0 spiro atoms. The van der Waals surface area contributed by atoms with Crippen molar-refractivity contribution < 1.29 is 28.6 Å². The lowest BCUT2D eigenvalue weighted by atomic mass is 10.1. The zero-order chi connectivity index (χ0) is 21.3. The zero-order valence-electron chi connectivity index (χ0n) is 16.3. The second-order valence-corrected chi connectivity index (χ2v) is 6.70. The molecule has 8 nitrogen and oxygen atoms in total. The van der Waals surface area contributed by atoms with E-state index < -0.39 is 17.6 Å². The smallest absolute Gasteiger partial charge is 0.300 e. The summed E-state index contributed by atoms with van der Waals surface area (Å²) in [7, 11) is 4.17. The van der Waals surface area contributed by atoms with E-state index in [1.807, 2.05) is 6.92 Å². The lowest BCUT2D eigenvalue weighted by molar-refractivity contribution is -0.118. The predicted octanol–water partition coefficient (Wildman–Crippen LogP) is 2.84. The molecular weight excluding hydrogens is 400 g/mol. The summed E-state index contributed by atoms with van der Waals surface area (Å²) in [5.41, 5.74) is 1.57. The first-order valence-corrected chi connectivity index (χ1v) is 8.95. The fourth-order valence-electron chi connectivity index (χ4n) is 3.13. The summed E-state index contributed by atoms with van der Waals surface area (Å²) in [6.45, 7) is 1.44. The summed E-state index contributed by atoms with van der Waals surface area (Å²) in [5, 5.41) is 3.17. The van der Waals surface area contributed by atoms with Crippen molar-refractivity contribution in [3.63, 3.8) is 0 Å². The van der Waals surface area contributed by atoms with Crippen LogP contribution >= 0.6 is 11.6 Å². The maximum Gasteiger partial charge on any atom is 0.300 e. The number of rotatable bonds is 6. The van der Waals surface area contributed by atoms with Crippen LogP contribution in [0, 0.1) is 6.92 Å². The number of halogens is 1. The van der Waals surface area contributed by atoms with Crippen LogP contribution in [0.4, 0.5) is 11.4 Å². The Bertz CT molecular complexity index is 1020. The highest BCUT2D eigenvalue weighted by Gasteiger charge is 2.42. The van der Waals surface area contributed by atoms with E-state index in [1.165, 1.54) is 27.4 Å². The molecule has 3 rings (SSSR count). The maximum absolute atomic E-state index is 12.6. The van der Waals surface area contributed by atoms with Crippen molar-refractivity contribution in [1.29, 1.82) is 0 Å². The number of aryl methyl sites for hydroxylation is 1. The van der Waals surface area contributed by atoms with Gasteiger partial charge in [0.1, 0.15) is 6.54 Å². The molecule has 0 bridgehead atoms. The second-order valence-electron chi connectivity index (χ2n) is 6.27. The second kappa shape index (κ2) is 8.00. The normalized spacial score (nSPS) is 12.7. The van der Waals surface area contributed by atoms with Crippen LogP contribution in [0.15, 0.2) is 24.3 Å². The molecule has 152 valence electrons. The Balaban J connectivity index is 1.96. The Morgan fingerprint density at radius 2 is 1.76 bits per heavy atom. The van der Waals surface area contributed by atoms with Crippen molar-refractivity contribution in [3.8, 4) is 17.2 Å². The average molecular weight is 419 g/mol. The molecule has 1 aliphatic rings. The number of benzene rings is 2. The fraction of sp³-hybridized carbons (Fsp3) is 0.250. The minimum Gasteiger partial charge on any atom is -0.493 e. The van der Waals surface area contributed by atoms with E-state index in [-0.39, 0.29) is 35.0 Å². The maximum atomic E-state index is 12.6. The highest BCUT2D eigenvalue weighted by atomic mass is 35.5. The van der Waals surface area contributed by atoms with Crippen LogP contribution < -0.4 is 24.4 Å². The number of ether oxygens (including phenoxy) is 3. The van der Waals surface area contributed by atoms with Crippen LogP contribution in [-0.4, -0.2) is 45.5 Å². The molecule has 1 N–H and O–H groups in total. The van der Waals surface area contributed by atoms with E-state index in [1.54, 1.807) is 18.2 Å². The van der Waals surface area contributed by atoms with Gasteiger partial charge in [-0.25, -0.2) is 0 Å². The van der Waals surface area contributed by atoms with Gasteiger partial charge in [0.25, 0.3) is 11.7 Å². The van der Waals surface area contributed by atoms with Crippen LogP contribution in [0.1, 0.15) is 15.9 Å². The molecule has 9 heteroatoms. The van der Waals surface area contributed by atoms with Crippen molar-refractivity contribution in [3.05, 3.63) is 40.4 Å². The highest BCUT2D eigenvalue weighted by Crippen LogP contribution is 2.47. The first-order chi connectivity index (χ1) is 13.8. The number of hydrogen-bond donors (Lipinski definition) is 1. The van der Waals surface area contributed by atoms with Gasteiger partial charge in [-0.3, -0.25) is 19.3 Å². The molecule has 0 atom stereocenters. The van der Waals surface area contributed by atoms with Gasteiger partial charge in [-0.15, -0.1) is 0 Å². The topological polar surface area (TPSA) is 94.2 Å². The number of nitrogens with zero attached hydrogens (tertiary/aromatic N) is 1. The Hall–Kier alpha value is -3.26. The van der Waals surface area contributed by atoms with Gasteiger partial charge in [0.15, 0.2) is 11.5 Å². The number of carbonyl (C=O) groups is 3. The SMILES string of the molecule is COc1cc2c(c(OC)c1OC)C(=O)C(=O)N2CC(=O)Nc1cc(Cl)ccc1C. The molecule has 0 radical (unpaired) electrons.